The molecule has 0 bridgehead atoms. The zero-order chi connectivity index (χ0) is 19.7. The molecule has 150 valence electrons. The van der Waals surface area contributed by atoms with Crippen LogP contribution in [0.3, 0.4) is 0 Å². The van der Waals surface area contributed by atoms with E-state index in [1.165, 1.54) is 0 Å². The van der Waals surface area contributed by atoms with Crippen molar-refractivity contribution in [1.29, 1.82) is 0 Å². The molecule has 2 aromatic rings. The number of carboxylic acids is 1. The van der Waals surface area contributed by atoms with Crippen LogP contribution in [0.15, 0.2) is 28.8 Å². The molecule has 1 aliphatic heterocycles. The van der Waals surface area contributed by atoms with Gasteiger partial charge < -0.3 is 24.7 Å². The number of anilines is 1. The second-order valence-electron chi connectivity index (χ2n) is 7.98. The van der Waals surface area contributed by atoms with Gasteiger partial charge in [0.05, 0.1) is 0 Å². The Balaban J connectivity index is 1.45. The monoisotopic (exact) mass is 404 g/mol. The van der Waals surface area contributed by atoms with Crippen LogP contribution in [0, 0.1) is 5.41 Å². The topological polar surface area (TPSA) is 81.8 Å². The van der Waals surface area contributed by atoms with E-state index in [0.29, 0.717) is 22.9 Å². The van der Waals surface area contributed by atoms with E-state index in [4.69, 9.17) is 16.1 Å². The van der Waals surface area contributed by atoms with Gasteiger partial charge >= 0.3 is 5.97 Å². The summed E-state index contributed by atoms with van der Waals surface area (Å²) in [6, 6.07) is 6.87. The van der Waals surface area contributed by atoms with Crippen LogP contribution in [-0.4, -0.2) is 72.3 Å². The summed E-state index contributed by atoms with van der Waals surface area (Å²) in [4.78, 5) is 16.7. The van der Waals surface area contributed by atoms with Crippen molar-refractivity contribution < 1.29 is 14.4 Å². The Morgan fingerprint density at radius 2 is 1.93 bits per heavy atom. The van der Waals surface area contributed by atoms with E-state index in [1.54, 1.807) is 24.3 Å². The van der Waals surface area contributed by atoms with Gasteiger partial charge in [-0.05, 0) is 44.2 Å². The normalized spacial score (nSPS) is 19.5. The van der Waals surface area contributed by atoms with Crippen molar-refractivity contribution >= 4 is 23.4 Å². The highest BCUT2D eigenvalue weighted by molar-refractivity contribution is 6.30. The Kier molecular flexibility index (Phi) is 5.31. The zero-order valence-electron chi connectivity index (χ0n) is 15.9. The summed E-state index contributed by atoms with van der Waals surface area (Å²) in [5.41, 5.74) is 0.907. The molecule has 7 nitrogen and oxygen atoms in total. The van der Waals surface area contributed by atoms with E-state index in [9.17, 15) is 9.90 Å². The van der Waals surface area contributed by atoms with Crippen molar-refractivity contribution in [2.45, 2.75) is 12.8 Å². The molecule has 0 unspecified atom stereocenters. The lowest BCUT2D eigenvalue weighted by Crippen LogP contribution is -2.47. The number of rotatable bonds is 7. The van der Waals surface area contributed by atoms with Gasteiger partial charge in [-0.15, -0.1) is 0 Å². The molecule has 1 aliphatic carbocycles. The quantitative estimate of drug-likeness (QED) is 0.733. The van der Waals surface area contributed by atoms with Gasteiger partial charge in [-0.2, -0.15) is 0 Å². The van der Waals surface area contributed by atoms with E-state index >= 15 is 0 Å². The van der Waals surface area contributed by atoms with E-state index in [-0.39, 0.29) is 16.7 Å². The van der Waals surface area contributed by atoms with E-state index in [1.807, 2.05) is 0 Å². The second-order valence-corrected chi connectivity index (χ2v) is 8.42. The molecule has 1 aromatic carbocycles. The number of carbonyl (C=O) groups is 1. The maximum absolute atomic E-state index is 11.9. The Hall–Kier alpha value is -2.09. The van der Waals surface area contributed by atoms with Gasteiger partial charge in [0, 0.05) is 55.3 Å². The average Bonchev–Trinajstić information content (AvgIpc) is 3.30. The molecular formula is C20H25ClN4O3. The first-order valence-corrected chi connectivity index (χ1v) is 9.97. The molecule has 28 heavy (non-hydrogen) atoms. The van der Waals surface area contributed by atoms with Crippen LogP contribution >= 0.6 is 11.6 Å². The van der Waals surface area contributed by atoms with Crippen molar-refractivity contribution in [3.05, 3.63) is 34.9 Å². The fourth-order valence-corrected chi connectivity index (χ4v) is 3.85. The standard InChI is InChI=1S/C20H25ClN4O3/c1-24-8-10-25(11-9-24)13-20(6-7-20)12-22-18-16(19(26)27)17(28-23-18)14-2-4-15(21)5-3-14/h2-5H,6-13H2,1H3,(H,22,23)(H,26,27). The van der Waals surface area contributed by atoms with Crippen molar-refractivity contribution in [3.8, 4) is 11.3 Å². The Bertz CT molecular complexity index is 840. The maximum atomic E-state index is 11.9. The third-order valence-corrected chi connectivity index (χ3v) is 6.01. The highest BCUT2D eigenvalue weighted by Gasteiger charge is 2.44. The molecule has 1 saturated carbocycles. The summed E-state index contributed by atoms with van der Waals surface area (Å²) in [5, 5.41) is 17.5. The molecule has 2 aliphatic rings. The van der Waals surface area contributed by atoms with Gasteiger partial charge in [0.2, 0.25) is 0 Å². The molecule has 2 N–H and O–H groups in total. The number of piperazine rings is 1. The number of carboxylic acid groups (broad SMARTS) is 1. The largest absolute Gasteiger partial charge is 0.477 e. The molecule has 2 heterocycles. The Morgan fingerprint density at radius 3 is 2.54 bits per heavy atom. The molecule has 0 amide bonds. The fraction of sp³-hybridized carbons (Fsp3) is 0.500. The van der Waals surface area contributed by atoms with Crippen molar-refractivity contribution in [1.82, 2.24) is 15.0 Å². The van der Waals surface area contributed by atoms with E-state index in [0.717, 1.165) is 45.6 Å². The first-order valence-electron chi connectivity index (χ1n) is 9.59. The number of aromatic carboxylic acids is 1. The van der Waals surface area contributed by atoms with Gasteiger partial charge in [0.15, 0.2) is 17.1 Å². The van der Waals surface area contributed by atoms with Crippen molar-refractivity contribution in [3.63, 3.8) is 0 Å². The zero-order valence-corrected chi connectivity index (χ0v) is 16.7. The van der Waals surface area contributed by atoms with Gasteiger partial charge in [0.25, 0.3) is 0 Å². The molecule has 0 radical (unpaired) electrons. The minimum Gasteiger partial charge on any atom is -0.477 e. The number of likely N-dealkylation sites (N-methyl/N-ethyl adjacent to an activating group) is 1. The van der Waals surface area contributed by atoms with Crippen molar-refractivity contribution in [2.24, 2.45) is 5.41 Å². The van der Waals surface area contributed by atoms with Crippen LogP contribution in [0.5, 0.6) is 0 Å². The lowest BCUT2D eigenvalue weighted by molar-refractivity contribution is 0.0698. The number of hydrogen-bond donors (Lipinski definition) is 2. The van der Waals surface area contributed by atoms with Crippen LogP contribution in [0.25, 0.3) is 11.3 Å². The maximum Gasteiger partial charge on any atom is 0.343 e. The number of benzene rings is 1. The van der Waals surface area contributed by atoms with E-state index < -0.39 is 5.97 Å². The lowest BCUT2D eigenvalue weighted by atomic mass is 10.1. The molecule has 1 saturated heterocycles. The SMILES string of the molecule is CN1CCN(CC2(CNc3noc(-c4ccc(Cl)cc4)c3C(=O)O)CC2)CC1. The molecule has 4 rings (SSSR count). The second kappa shape index (κ2) is 7.73. The third kappa shape index (κ3) is 4.16. The number of halogens is 1. The van der Waals surface area contributed by atoms with Crippen molar-refractivity contribution in [2.75, 3.05) is 51.6 Å². The van der Waals surface area contributed by atoms with E-state index in [2.05, 4.69) is 27.3 Å². The first-order chi connectivity index (χ1) is 13.5. The predicted octanol–water partition coefficient (Wildman–Crippen LogP) is 3.13. The first kappa shape index (κ1) is 19.2. The summed E-state index contributed by atoms with van der Waals surface area (Å²) in [7, 11) is 2.15. The molecule has 1 aromatic heterocycles. The number of nitrogens with zero attached hydrogens (tertiary/aromatic N) is 3. The molecule has 8 heteroatoms. The van der Waals surface area contributed by atoms with Crippen LogP contribution in [0.4, 0.5) is 5.82 Å². The summed E-state index contributed by atoms with van der Waals surface area (Å²) < 4.78 is 5.38. The van der Waals surface area contributed by atoms with Crippen LogP contribution in [-0.2, 0) is 0 Å². The van der Waals surface area contributed by atoms with Gasteiger partial charge in [-0.1, -0.05) is 16.8 Å². The lowest BCUT2D eigenvalue weighted by Gasteiger charge is -2.34. The summed E-state index contributed by atoms with van der Waals surface area (Å²) in [5.74, 6) is -0.518. The molecular weight excluding hydrogens is 380 g/mol. The highest BCUT2D eigenvalue weighted by atomic mass is 35.5. The Labute approximate surface area is 169 Å². The molecule has 2 fully saturated rings. The molecule has 0 spiro atoms. The van der Waals surface area contributed by atoms with Gasteiger partial charge in [-0.3, -0.25) is 0 Å². The van der Waals surface area contributed by atoms with Crippen LogP contribution in [0.1, 0.15) is 23.2 Å². The third-order valence-electron chi connectivity index (χ3n) is 5.76. The van der Waals surface area contributed by atoms with Gasteiger partial charge in [-0.25, -0.2) is 4.79 Å². The van der Waals surface area contributed by atoms with Gasteiger partial charge in [0.1, 0.15) is 0 Å². The minimum atomic E-state index is -1.06. The number of hydrogen-bond acceptors (Lipinski definition) is 6. The minimum absolute atomic E-state index is 0.0673. The highest BCUT2D eigenvalue weighted by Crippen LogP contribution is 2.46. The van der Waals surface area contributed by atoms with Crippen LogP contribution < -0.4 is 5.32 Å². The summed E-state index contributed by atoms with van der Waals surface area (Å²) >= 11 is 5.92. The molecule has 0 atom stereocenters. The van der Waals surface area contributed by atoms with Crippen LogP contribution in [0.2, 0.25) is 5.02 Å². The number of nitrogens with one attached hydrogen (secondary N) is 1. The average molecular weight is 405 g/mol. The fourth-order valence-electron chi connectivity index (χ4n) is 3.73. The summed E-state index contributed by atoms with van der Waals surface area (Å²) in [6.45, 7) is 6.11. The number of aromatic nitrogens is 1. The Morgan fingerprint density at radius 1 is 1.25 bits per heavy atom. The predicted molar refractivity (Wildman–Crippen MR) is 108 cm³/mol. The smallest absolute Gasteiger partial charge is 0.343 e. The summed E-state index contributed by atoms with van der Waals surface area (Å²) in [6.07, 6.45) is 2.30.